The average molecular weight is 432 g/mol. The van der Waals surface area contributed by atoms with E-state index in [0.717, 1.165) is 11.4 Å². The van der Waals surface area contributed by atoms with Gasteiger partial charge < -0.3 is 15.1 Å². The molecule has 3 aromatic rings. The number of nitro benzene ring substituents is 1. The number of non-ortho nitro benzene ring substituents is 1. The zero-order valence-corrected chi connectivity index (χ0v) is 18.0. The maximum absolute atomic E-state index is 12.8. The Labute approximate surface area is 185 Å². The van der Waals surface area contributed by atoms with E-state index in [2.05, 4.69) is 15.3 Å². The number of aryl methyl sites for hydroxylation is 2. The van der Waals surface area contributed by atoms with Crippen molar-refractivity contribution in [2.45, 2.75) is 13.8 Å². The molecule has 9 nitrogen and oxygen atoms in total. The molecule has 9 heteroatoms. The Morgan fingerprint density at radius 3 is 2.41 bits per heavy atom. The highest BCUT2D eigenvalue weighted by molar-refractivity contribution is 5.95. The molecule has 32 heavy (non-hydrogen) atoms. The molecule has 164 valence electrons. The number of benzene rings is 2. The molecule has 0 aliphatic carbocycles. The molecule has 0 radical (unpaired) electrons. The van der Waals surface area contributed by atoms with Gasteiger partial charge in [0.25, 0.3) is 11.6 Å². The van der Waals surface area contributed by atoms with Gasteiger partial charge in [0.05, 0.1) is 4.92 Å². The Balaban J connectivity index is 1.43. The van der Waals surface area contributed by atoms with Crippen LogP contribution in [0.1, 0.15) is 21.6 Å². The lowest BCUT2D eigenvalue weighted by atomic mass is 10.1. The van der Waals surface area contributed by atoms with Crippen LogP contribution in [0.2, 0.25) is 0 Å². The third-order valence-electron chi connectivity index (χ3n) is 5.32. The number of anilines is 3. The third kappa shape index (κ3) is 4.83. The summed E-state index contributed by atoms with van der Waals surface area (Å²) in [4.78, 5) is 36.3. The number of hydrogen-bond donors (Lipinski definition) is 1. The summed E-state index contributed by atoms with van der Waals surface area (Å²) in [5.74, 6) is 1.12. The van der Waals surface area contributed by atoms with Crippen LogP contribution in [-0.2, 0) is 0 Å². The molecule has 1 aliphatic rings. The summed E-state index contributed by atoms with van der Waals surface area (Å²) < 4.78 is 0. The predicted molar refractivity (Wildman–Crippen MR) is 122 cm³/mol. The van der Waals surface area contributed by atoms with Gasteiger partial charge >= 0.3 is 0 Å². The summed E-state index contributed by atoms with van der Waals surface area (Å²) in [6, 6.07) is 15.8. The molecule has 2 aromatic carbocycles. The highest BCUT2D eigenvalue weighted by Gasteiger charge is 2.25. The van der Waals surface area contributed by atoms with Gasteiger partial charge in [-0.3, -0.25) is 14.9 Å². The topological polar surface area (TPSA) is 105 Å². The molecule has 1 saturated heterocycles. The Morgan fingerprint density at radius 2 is 1.72 bits per heavy atom. The number of aromatic nitrogens is 2. The fourth-order valence-electron chi connectivity index (χ4n) is 3.59. The van der Waals surface area contributed by atoms with Crippen LogP contribution >= 0.6 is 0 Å². The van der Waals surface area contributed by atoms with Crippen molar-refractivity contribution in [3.63, 3.8) is 0 Å². The minimum absolute atomic E-state index is 0.0868. The molecule has 1 fully saturated rings. The molecule has 0 spiro atoms. The molecule has 4 rings (SSSR count). The molecule has 1 amide bonds. The van der Waals surface area contributed by atoms with Gasteiger partial charge in [0.1, 0.15) is 5.82 Å². The van der Waals surface area contributed by atoms with Crippen molar-refractivity contribution in [1.29, 1.82) is 0 Å². The fourth-order valence-corrected chi connectivity index (χ4v) is 3.59. The van der Waals surface area contributed by atoms with Gasteiger partial charge in [-0.25, -0.2) is 4.98 Å². The van der Waals surface area contributed by atoms with Crippen LogP contribution in [0, 0.1) is 24.0 Å². The van der Waals surface area contributed by atoms with Crippen LogP contribution in [0.5, 0.6) is 0 Å². The molecule has 0 atom stereocenters. The van der Waals surface area contributed by atoms with Crippen LogP contribution in [0.4, 0.5) is 23.1 Å². The van der Waals surface area contributed by atoms with Crippen LogP contribution in [-0.4, -0.2) is 51.9 Å². The van der Waals surface area contributed by atoms with Crippen LogP contribution in [0.3, 0.4) is 0 Å². The van der Waals surface area contributed by atoms with Gasteiger partial charge in [-0.05, 0) is 32.0 Å². The number of amides is 1. The molecule has 1 aromatic heterocycles. The quantitative estimate of drug-likeness (QED) is 0.484. The number of carbonyl (C=O) groups is 1. The third-order valence-corrected chi connectivity index (χ3v) is 5.32. The SMILES string of the molecule is Cc1ccc(Nc2cc(C)nc(N3CCN(C(=O)c4cccc([N+](=O)[O-])c4)CC3)n2)cc1. The summed E-state index contributed by atoms with van der Waals surface area (Å²) in [7, 11) is 0. The first kappa shape index (κ1) is 21.2. The van der Waals surface area contributed by atoms with E-state index in [4.69, 9.17) is 0 Å². The van der Waals surface area contributed by atoms with Crippen molar-refractivity contribution in [3.05, 3.63) is 81.5 Å². The maximum atomic E-state index is 12.8. The van der Waals surface area contributed by atoms with Crippen molar-refractivity contribution in [2.24, 2.45) is 0 Å². The summed E-state index contributed by atoms with van der Waals surface area (Å²) in [6.07, 6.45) is 0. The van der Waals surface area contributed by atoms with E-state index in [1.165, 1.54) is 23.8 Å². The largest absolute Gasteiger partial charge is 0.340 e. The number of nitrogens with zero attached hydrogens (tertiary/aromatic N) is 5. The minimum atomic E-state index is -0.494. The van der Waals surface area contributed by atoms with E-state index in [1.54, 1.807) is 11.0 Å². The summed E-state index contributed by atoms with van der Waals surface area (Å²) in [6.45, 7) is 6.09. The van der Waals surface area contributed by atoms with Crippen molar-refractivity contribution >= 4 is 29.0 Å². The van der Waals surface area contributed by atoms with Crippen molar-refractivity contribution < 1.29 is 9.72 Å². The first-order valence-corrected chi connectivity index (χ1v) is 10.4. The monoisotopic (exact) mass is 432 g/mol. The van der Waals surface area contributed by atoms with Gasteiger partial charge in [0.15, 0.2) is 0 Å². The normalized spacial score (nSPS) is 13.7. The van der Waals surface area contributed by atoms with E-state index in [1.807, 2.05) is 49.1 Å². The smallest absolute Gasteiger partial charge is 0.270 e. The molecular weight excluding hydrogens is 408 g/mol. The zero-order chi connectivity index (χ0) is 22.7. The lowest BCUT2D eigenvalue weighted by molar-refractivity contribution is -0.384. The van der Waals surface area contributed by atoms with Gasteiger partial charge in [0, 0.05) is 61.3 Å². The fraction of sp³-hybridized carbons (Fsp3) is 0.261. The molecule has 2 heterocycles. The van der Waals surface area contributed by atoms with E-state index >= 15 is 0 Å². The molecule has 1 N–H and O–H groups in total. The number of nitrogens with one attached hydrogen (secondary N) is 1. The van der Waals surface area contributed by atoms with Gasteiger partial charge in [-0.2, -0.15) is 4.98 Å². The van der Waals surface area contributed by atoms with Crippen LogP contribution in [0.15, 0.2) is 54.6 Å². The van der Waals surface area contributed by atoms with Gasteiger partial charge in [0.2, 0.25) is 5.95 Å². The first-order chi connectivity index (χ1) is 15.4. The molecule has 1 aliphatic heterocycles. The molecule has 0 saturated carbocycles. The van der Waals surface area contributed by atoms with Crippen molar-refractivity contribution in [3.8, 4) is 0 Å². The average Bonchev–Trinajstić information content (AvgIpc) is 2.80. The maximum Gasteiger partial charge on any atom is 0.270 e. The number of hydrogen-bond acceptors (Lipinski definition) is 7. The second-order valence-electron chi connectivity index (χ2n) is 7.77. The number of carbonyl (C=O) groups excluding carboxylic acids is 1. The van der Waals surface area contributed by atoms with Crippen LogP contribution < -0.4 is 10.2 Å². The zero-order valence-electron chi connectivity index (χ0n) is 18.0. The van der Waals surface area contributed by atoms with E-state index in [9.17, 15) is 14.9 Å². The van der Waals surface area contributed by atoms with Crippen molar-refractivity contribution in [2.75, 3.05) is 36.4 Å². The summed E-state index contributed by atoms with van der Waals surface area (Å²) >= 11 is 0. The number of rotatable bonds is 5. The van der Waals surface area contributed by atoms with Crippen LogP contribution in [0.25, 0.3) is 0 Å². The van der Waals surface area contributed by atoms with Gasteiger partial charge in [-0.1, -0.05) is 23.8 Å². The molecule has 0 unspecified atom stereocenters. The predicted octanol–water partition coefficient (Wildman–Crippen LogP) is 3.71. The van der Waals surface area contributed by atoms with E-state index in [-0.39, 0.29) is 11.6 Å². The lowest BCUT2D eigenvalue weighted by Gasteiger charge is -2.35. The summed E-state index contributed by atoms with van der Waals surface area (Å²) in [5, 5.41) is 14.3. The highest BCUT2D eigenvalue weighted by atomic mass is 16.6. The Morgan fingerprint density at radius 1 is 1.00 bits per heavy atom. The van der Waals surface area contributed by atoms with Gasteiger partial charge in [-0.15, -0.1) is 0 Å². The standard InChI is InChI=1S/C23H24N6O3/c1-16-6-8-19(9-7-16)25-21-14-17(2)24-23(26-21)28-12-10-27(11-13-28)22(30)18-4-3-5-20(15-18)29(31)32/h3-9,14-15H,10-13H2,1-2H3,(H,24,25,26). The van der Waals surface area contributed by atoms with Crippen molar-refractivity contribution in [1.82, 2.24) is 14.9 Å². The first-order valence-electron chi connectivity index (χ1n) is 10.4. The van der Waals surface area contributed by atoms with E-state index in [0.29, 0.717) is 43.5 Å². The number of piperazine rings is 1. The highest BCUT2D eigenvalue weighted by Crippen LogP contribution is 2.21. The second kappa shape index (κ2) is 9.01. The Hall–Kier alpha value is -4.01. The Bertz CT molecular complexity index is 1140. The lowest BCUT2D eigenvalue weighted by Crippen LogP contribution is -2.49. The summed E-state index contributed by atoms with van der Waals surface area (Å²) in [5.41, 5.74) is 3.22. The molecular formula is C23H24N6O3. The second-order valence-corrected chi connectivity index (χ2v) is 7.77. The van der Waals surface area contributed by atoms with E-state index < -0.39 is 4.92 Å². The number of nitro groups is 1. The minimum Gasteiger partial charge on any atom is -0.340 e. The molecule has 0 bridgehead atoms. The Kier molecular flexibility index (Phi) is 5.98.